The lowest BCUT2D eigenvalue weighted by molar-refractivity contribution is -0.141. The molecule has 25 heavy (non-hydrogen) atoms. The Morgan fingerprint density at radius 1 is 1.24 bits per heavy atom. The normalized spacial score (nSPS) is 25.5. The first-order valence-corrected chi connectivity index (χ1v) is 8.18. The lowest BCUT2D eigenvalue weighted by Crippen LogP contribution is -2.37. The first-order chi connectivity index (χ1) is 11.5. The Kier molecular flexibility index (Phi) is 4.33. The van der Waals surface area contributed by atoms with Crippen LogP contribution in [0.4, 0.5) is 18.0 Å². The van der Waals surface area contributed by atoms with E-state index in [-0.39, 0.29) is 6.09 Å². The number of carbonyl (C=O) groups excluding carboxylic acids is 1. The highest BCUT2D eigenvalue weighted by Crippen LogP contribution is 2.51. The smallest absolute Gasteiger partial charge is 0.433 e. The van der Waals surface area contributed by atoms with Gasteiger partial charge in [-0.15, -0.1) is 0 Å². The third kappa shape index (κ3) is 4.16. The summed E-state index contributed by atoms with van der Waals surface area (Å²) in [6.45, 7) is 7.19. The Morgan fingerprint density at radius 3 is 2.36 bits per heavy atom. The third-order valence-corrected chi connectivity index (χ3v) is 4.49. The van der Waals surface area contributed by atoms with Gasteiger partial charge in [0.25, 0.3) is 0 Å². The van der Waals surface area contributed by atoms with Crippen molar-refractivity contribution in [1.29, 1.82) is 0 Å². The first kappa shape index (κ1) is 17.8. The number of ether oxygens (including phenoxy) is 2. The maximum atomic E-state index is 12.5. The van der Waals surface area contributed by atoms with Crippen LogP contribution in [0.3, 0.4) is 0 Å². The highest BCUT2D eigenvalue weighted by molar-refractivity contribution is 5.69. The minimum Gasteiger partial charge on any atom is -0.492 e. The van der Waals surface area contributed by atoms with Gasteiger partial charge in [-0.25, -0.2) is 9.78 Å². The molecule has 1 aromatic heterocycles. The van der Waals surface area contributed by atoms with E-state index in [0.717, 1.165) is 12.3 Å². The second-order valence-electron chi connectivity index (χ2n) is 7.56. The predicted molar refractivity (Wildman–Crippen MR) is 83.0 cm³/mol. The quantitative estimate of drug-likeness (QED) is 0.829. The van der Waals surface area contributed by atoms with Gasteiger partial charge in [-0.3, -0.25) is 0 Å². The summed E-state index contributed by atoms with van der Waals surface area (Å²) in [5.74, 6) is 1.38. The van der Waals surface area contributed by atoms with Crippen molar-refractivity contribution in [2.24, 2.45) is 17.8 Å². The van der Waals surface area contributed by atoms with Crippen LogP contribution in [0, 0.1) is 17.8 Å². The van der Waals surface area contributed by atoms with Crippen molar-refractivity contribution in [3.8, 4) is 5.75 Å². The van der Waals surface area contributed by atoms with Crippen molar-refractivity contribution in [2.45, 2.75) is 32.5 Å². The monoisotopic (exact) mass is 358 g/mol. The van der Waals surface area contributed by atoms with Crippen LogP contribution in [0.15, 0.2) is 18.3 Å². The van der Waals surface area contributed by atoms with E-state index in [4.69, 9.17) is 9.47 Å². The minimum absolute atomic E-state index is 0.300. The predicted octanol–water partition coefficient (Wildman–Crippen LogP) is 3.59. The molecule has 1 saturated heterocycles. The summed E-state index contributed by atoms with van der Waals surface area (Å²) in [5, 5.41) is 0. The molecule has 2 heterocycles. The molecular weight excluding hydrogens is 337 g/mol. The summed E-state index contributed by atoms with van der Waals surface area (Å²) in [5.41, 5.74) is -1.45. The van der Waals surface area contributed by atoms with Crippen molar-refractivity contribution < 1.29 is 27.4 Å². The Balaban J connectivity index is 1.44. The van der Waals surface area contributed by atoms with Gasteiger partial charge in [0, 0.05) is 19.0 Å². The first-order valence-electron chi connectivity index (χ1n) is 8.18. The highest BCUT2D eigenvalue weighted by Gasteiger charge is 2.57. The Hall–Kier alpha value is -1.99. The molecule has 0 radical (unpaired) electrons. The number of nitrogens with zero attached hydrogens (tertiary/aromatic N) is 2. The molecule has 3 atom stereocenters. The van der Waals surface area contributed by atoms with Crippen molar-refractivity contribution in [1.82, 2.24) is 9.88 Å². The maximum Gasteiger partial charge on any atom is 0.433 e. The summed E-state index contributed by atoms with van der Waals surface area (Å²) < 4.78 is 48.3. The molecular formula is C17H21F3N2O3. The summed E-state index contributed by atoms with van der Waals surface area (Å²) in [6, 6.07) is 2.19. The number of hydrogen-bond donors (Lipinski definition) is 0. The van der Waals surface area contributed by atoms with Gasteiger partial charge in [0.05, 0.1) is 12.8 Å². The second kappa shape index (κ2) is 6.07. The van der Waals surface area contributed by atoms with Crippen LogP contribution in [-0.4, -0.2) is 41.3 Å². The average Bonchev–Trinajstić information content (AvgIpc) is 2.93. The number of likely N-dealkylation sites (tertiary alicyclic amines) is 1. The van der Waals surface area contributed by atoms with Crippen LogP contribution in [0.1, 0.15) is 26.5 Å². The number of hydrogen-bond acceptors (Lipinski definition) is 4. The lowest BCUT2D eigenvalue weighted by Gasteiger charge is -2.25. The van der Waals surface area contributed by atoms with Crippen LogP contribution in [0.25, 0.3) is 0 Å². The van der Waals surface area contributed by atoms with Crippen LogP contribution in [-0.2, 0) is 10.9 Å². The SMILES string of the molecule is CC(C)(C)OC(=O)N1C[C@@H]2C(COc3ccc(C(F)(F)F)nc3)[C@@H]2C1. The Labute approximate surface area is 144 Å². The van der Waals surface area contributed by atoms with Crippen molar-refractivity contribution in [3.63, 3.8) is 0 Å². The standard InChI is InChI=1S/C17H21F3N2O3/c1-16(2,3)25-15(23)22-7-11-12(8-22)13(11)9-24-10-4-5-14(21-6-10)17(18,19)20/h4-6,11-13H,7-9H2,1-3H3/t11-,12+,13?. The molecule has 2 fully saturated rings. The molecule has 1 aromatic rings. The molecule has 138 valence electrons. The number of piperidine rings is 1. The van der Waals surface area contributed by atoms with Crippen LogP contribution in [0.2, 0.25) is 0 Å². The van der Waals surface area contributed by atoms with E-state index in [9.17, 15) is 18.0 Å². The molecule has 0 N–H and O–H groups in total. The fourth-order valence-electron chi connectivity index (χ4n) is 3.20. The number of fused-ring (bicyclic) bond motifs is 1. The molecule has 1 aliphatic carbocycles. The number of aromatic nitrogens is 1. The van der Waals surface area contributed by atoms with E-state index >= 15 is 0 Å². The molecule has 8 heteroatoms. The van der Waals surface area contributed by atoms with Gasteiger partial charge in [-0.1, -0.05) is 0 Å². The zero-order chi connectivity index (χ0) is 18.4. The number of rotatable bonds is 3. The highest BCUT2D eigenvalue weighted by atomic mass is 19.4. The largest absolute Gasteiger partial charge is 0.492 e. The van der Waals surface area contributed by atoms with Gasteiger partial charge >= 0.3 is 12.3 Å². The molecule has 5 nitrogen and oxygen atoms in total. The third-order valence-electron chi connectivity index (χ3n) is 4.49. The molecule has 0 spiro atoms. The van der Waals surface area contributed by atoms with E-state index < -0.39 is 17.5 Å². The Bertz CT molecular complexity index is 628. The van der Waals surface area contributed by atoms with E-state index in [2.05, 4.69) is 4.98 Å². The van der Waals surface area contributed by atoms with Gasteiger partial charge in [-0.05, 0) is 44.7 Å². The fraction of sp³-hybridized carbons (Fsp3) is 0.647. The lowest BCUT2D eigenvalue weighted by atomic mass is 10.2. The van der Waals surface area contributed by atoms with Gasteiger partial charge in [0.1, 0.15) is 17.0 Å². The number of halogens is 3. The number of alkyl halides is 3. The molecule has 1 unspecified atom stereocenters. The van der Waals surface area contributed by atoms with Crippen molar-refractivity contribution in [2.75, 3.05) is 19.7 Å². The maximum absolute atomic E-state index is 12.5. The van der Waals surface area contributed by atoms with Crippen LogP contribution in [0.5, 0.6) is 5.75 Å². The summed E-state index contributed by atoms with van der Waals surface area (Å²) in [6.07, 6.45) is -3.66. The van der Waals surface area contributed by atoms with Crippen molar-refractivity contribution in [3.05, 3.63) is 24.0 Å². The topological polar surface area (TPSA) is 51.7 Å². The molecule has 1 saturated carbocycles. The van der Waals surface area contributed by atoms with E-state index in [1.165, 1.54) is 6.07 Å². The fourth-order valence-corrected chi connectivity index (χ4v) is 3.20. The summed E-state index contributed by atoms with van der Waals surface area (Å²) in [7, 11) is 0. The number of carbonyl (C=O) groups is 1. The molecule has 1 amide bonds. The number of pyridine rings is 1. The minimum atomic E-state index is -4.45. The van der Waals surface area contributed by atoms with E-state index in [1.54, 1.807) is 4.90 Å². The zero-order valence-electron chi connectivity index (χ0n) is 14.3. The van der Waals surface area contributed by atoms with E-state index in [0.29, 0.717) is 43.2 Å². The van der Waals surface area contributed by atoms with Crippen molar-refractivity contribution >= 4 is 6.09 Å². The summed E-state index contributed by atoms with van der Waals surface area (Å²) in [4.78, 5) is 17.1. The van der Waals surface area contributed by atoms with Gasteiger partial charge < -0.3 is 14.4 Å². The number of amides is 1. The molecule has 1 aliphatic heterocycles. The van der Waals surface area contributed by atoms with Gasteiger partial charge in [0.2, 0.25) is 0 Å². The second-order valence-corrected chi connectivity index (χ2v) is 7.56. The molecule has 3 rings (SSSR count). The van der Waals surface area contributed by atoms with Gasteiger partial charge in [-0.2, -0.15) is 13.2 Å². The Morgan fingerprint density at radius 2 is 1.88 bits per heavy atom. The van der Waals surface area contributed by atoms with Crippen LogP contribution >= 0.6 is 0 Å². The molecule has 0 bridgehead atoms. The van der Waals surface area contributed by atoms with Crippen LogP contribution < -0.4 is 4.74 Å². The molecule has 0 aromatic carbocycles. The van der Waals surface area contributed by atoms with Gasteiger partial charge in [0.15, 0.2) is 0 Å². The summed E-state index contributed by atoms with van der Waals surface area (Å²) >= 11 is 0. The zero-order valence-corrected chi connectivity index (χ0v) is 14.3. The van der Waals surface area contributed by atoms with E-state index in [1.807, 2.05) is 20.8 Å². The average molecular weight is 358 g/mol. The molecule has 2 aliphatic rings.